The number of ketones is 1. The third kappa shape index (κ3) is 5.92. The molecule has 1 aliphatic heterocycles. The van der Waals surface area contributed by atoms with Crippen molar-refractivity contribution in [1.29, 1.82) is 0 Å². The first-order chi connectivity index (χ1) is 14.4. The van der Waals surface area contributed by atoms with Crippen molar-refractivity contribution < 1.29 is 23.9 Å². The first kappa shape index (κ1) is 21.6. The van der Waals surface area contributed by atoms with Crippen molar-refractivity contribution in [3.05, 3.63) is 65.7 Å². The highest BCUT2D eigenvalue weighted by atomic mass is 16.6. The van der Waals surface area contributed by atoms with Crippen LogP contribution in [0.5, 0.6) is 5.75 Å². The minimum absolute atomic E-state index is 0.0820. The fourth-order valence-corrected chi connectivity index (χ4v) is 3.74. The summed E-state index contributed by atoms with van der Waals surface area (Å²) in [6, 6.07) is 15.6. The molecule has 1 heterocycles. The minimum atomic E-state index is -0.606. The summed E-state index contributed by atoms with van der Waals surface area (Å²) in [5, 5.41) is 0. The second-order valence-corrected chi connectivity index (χ2v) is 7.91. The van der Waals surface area contributed by atoms with E-state index in [1.807, 2.05) is 18.2 Å². The Morgan fingerprint density at radius 3 is 2.10 bits per heavy atom. The van der Waals surface area contributed by atoms with Gasteiger partial charge >= 0.3 is 5.97 Å². The first-order valence-corrected chi connectivity index (χ1v) is 10.2. The van der Waals surface area contributed by atoms with Crippen LogP contribution in [0.4, 0.5) is 0 Å². The van der Waals surface area contributed by atoms with Crippen LogP contribution in [0.2, 0.25) is 0 Å². The standard InChI is InChI=1S/C24H27NO5/c1-17-12-18(2)14-25(13-17)22(26)15-30-23(27)16-29-21-10-8-20(9-11-21)24(28)19-6-4-3-5-7-19/h3-11,17-18H,12-16H2,1-2H3/t17-,18-/m0/s1. The molecule has 0 bridgehead atoms. The summed E-state index contributed by atoms with van der Waals surface area (Å²) in [5.74, 6) is 0.487. The van der Waals surface area contributed by atoms with Gasteiger partial charge in [0.25, 0.3) is 5.91 Å². The lowest BCUT2D eigenvalue weighted by Gasteiger charge is -2.34. The van der Waals surface area contributed by atoms with E-state index in [1.165, 1.54) is 0 Å². The molecular formula is C24H27NO5. The van der Waals surface area contributed by atoms with Crippen molar-refractivity contribution in [1.82, 2.24) is 4.90 Å². The van der Waals surface area contributed by atoms with Crippen molar-refractivity contribution in [3.63, 3.8) is 0 Å². The molecule has 6 heteroatoms. The minimum Gasteiger partial charge on any atom is -0.482 e. The highest BCUT2D eigenvalue weighted by Gasteiger charge is 2.25. The van der Waals surface area contributed by atoms with Crippen LogP contribution in [0.15, 0.2) is 54.6 Å². The van der Waals surface area contributed by atoms with Crippen molar-refractivity contribution in [2.24, 2.45) is 11.8 Å². The Balaban J connectivity index is 1.43. The van der Waals surface area contributed by atoms with Crippen LogP contribution in [0.25, 0.3) is 0 Å². The van der Waals surface area contributed by atoms with Crippen LogP contribution >= 0.6 is 0 Å². The van der Waals surface area contributed by atoms with Crippen molar-refractivity contribution in [3.8, 4) is 5.75 Å². The summed E-state index contributed by atoms with van der Waals surface area (Å²) < 4.78 is 10.5. The lowest BCUT2D eigenvalue weighted by molar-refractivity contribution is -0.154. The molecule has 30 heavy (non-hydrogen) atoms. The van der Waals surface area contributed by atoms with Gasteiger partial charge < -0.3 is 14.4 Å². The summed E-state index contributed by atoms with van der Waals surface area (Å²) in [5.41, 5.74) is 1.14. The number of piperidine rings is 1. The SMILES string of the molecule is C[C@H]1C[C@H](C)CN(C(=O)COC(=O)COc2ccc(C(=O)c3ccccc3)cc2)C1. The Labute approximate surface area is 176 Å². The summed E-state index contributed by atoms with van der Waals surface area (Å²) in [6.45, 7) is 5.07. The quantitative estimate of drug-likeness (QED) is 0.518. The first-order valence-electron chi connectivity index (χ1n) is 10.2. The van der Waals surface area contributed by atoms with Gasteiger partial charge in [-0.05, 0) is 42.5 Å². The molecule has 0 N–H and O–H groups in total. The molecule has 0 radical (unpaired) electrons. The van der Waals surface area contributed by atoms with Gasteiger partial charge in [0.1, 0.15) is 5.75 Å². The van der Waals surface area contributed by atoms with E-state index in [0.717, 1.165) is 6.42 Å². The number of likely N-dealkylation sites (tertiary alicyclic amines) is 1. The van der Waals surface area contributed by atoms with Gasteiger partial charge in [-0.25, -0.2) is 4.79 Å². The Morgan fingerprint density at radius 1 is 0.867 bits per heavy atom. The molecular weight excluding hydrogens is 382 g/mol. The molecule has 1 saturated heterocycles. The maximum absolute atomic E-state index is 12.4. The third-order valence-corrected chi connectivity index (χ3v) is 5.09. The van der Waals surface area contributed by atoms with Gasteiger partial charge in [-0.2, -0.15) is 0 Å². The highest BCUT2D eigenvalue weighted by Crippen LogP contribution is 2.21. The summed E-state index contributed by atoms with van der Waals surface area (Å²) in [4.78, 5) is 38.3. The fourth-order valence-electron chi connectivity index (χ4n) is 3.74. The molecule has 1 aliphatic rings. The lowest BCUT2D eigenvalue weighted by Crippen LogP contribution is -2.44. The van der Waals surface area contributed by atoms with E-state index < -0.39 is 5.97 Å². The molecule has 0 spiro atoms. The Bertz CT molecular complexity index is 868. The molecule has 158 valence electrons. The lowest BCUT2D eigenvalue weighted by atomic mass is 9.92. The second kappa shape index (κ2) is 10.1. The number of benzene rings is 2. The molecule has 2 atom stereocenters. The van der Waals surface area contributed by atoms with E-state index in [4.69, 9.17) is 9.47 Å². The van der Waals surface area contributed by atoms with Gasteiger partial charge in [-0.15, -0.1) is 0 Å². The smallest absolute Gasteiger partial charge is 0.344 e. The zero-order chi connectivity index (χ0) is 21.5. The number of carbonyl (C=O) groups excluding carboxylic acids is 3. The van der Waals surface area contributed by atoms with Crippen LogP contribution in [0.3, 0.4) is 0 Å². The monoisotopic (exact) mass is 409 g/mol. The molecule has 1 fully saturated rings. The predicted molar refractivity (Wildman–Crippen MR) is 112 cm³/mol. The maximum atomic E-state index is 12.4. The maximum Gasteiger partial charge on any atom is 0.344 e. The van der Waals surface area contributed by atoms with E-state index in [2.05, 4.69) is 13.8 Å². The fraction of sp³-hybridized carbons (Fsp3) is 0.375. The van der Waals surface area contributed by atoms with E-state index in [-0.39, 0.29) is 24.9 Å². The summed E-state index contributed by atoms with van der Waals surface area (Å²) in [6.07, 6.45) is 1.10. The molecule has 1 amide bonds. The van der Waals surface area contributed by atoms with Gasteiger partial charge in [-0.3, -0.25) is 9.59 Å². The highest BCUT2D eigenvalue weighted by molar-refractivity contribution is 6.08. The Hall–Kier alpha value is -3.15. The molecule has 3 rings (SSSR count). The van der Waals surface area contributed by atoms with Crippen LogP contribution in [0, 0.1) is 11.8 Å². The number of amides is 1. The van der Waals surface area contributed by atoms with Gasteiger partial charge in [0.15, 0.2) is 19.0 Å². The molecule has 0 unspecified atom stereocenters. The van der Waals surface area contributed by atoms with Crippen molar-refractivity contribution >= 4 is 17.7 Å². The number of hydrogen-bond acceptors (Lipinski definition) is 5. The normalized spacial score (nSPS) is 18.5. The van der Waals surface area contributed by atoms with Gasteiger partial charge in [-0.1, -0.05) is 44.2 Å². The zero-order valence-electron chi connectivity index (χ0n) is 17.4. The van der Waals surface area contributed by atoms with Gasteiger partial charge in [0, 0.05) is 24.2 Å². The molecule has 2 aromatic rings. The number of hydrogen-bond donors (Lipinski definition) is 0. The second-order valence-electron chi connectivity index (χ2n) is 7.91. The molecule has 0 aromatic heterocycles. The molecule has 6 nitrogen and oxygen atoms in total. The van der Waals surface area contributed by atoms with E-state index >= 15 is 0 Å². The number of esters is 1. The van der Waals surface area contributed by atoms with Crippen LogP contribution < -0.4 is 4.74 Å². The number of ether oxygens (including phenoxy) is 2. The van der Waals surface area contributed by atoms with E-state index in [0.29, 0.717) is 41.8 Å². The number of nitrogens with zero attached hydrogens (tertiary/aromatic N) is 1. The summed E-state index contributed by atoms with van der Waals surface area (Å²) in [7, 11) is 0. The number of rotatable bonds is 7. The van der Waals surface area contributed by atoms with Gasteiger partial charge in [0.05, 0.1) is 0 Å². The topological polar surface area (TPSA) is 72.9 Å². The van der Waals surface area contributed by atoms with E-state index in [9.17, 15) is 14.4 Å². The average Bonchev–Trinajstić information content (AvgIpc) is 2.75. The molecule has 0 aliphatic carbocycles. The van der Waals surface area contributed by atoms with Crippen molar-refractivity contribution in [2.75, 3.05) is 26.3 Å². The van der Waals surface area contributed by atoms with E-state index in [1.54, 1.807) is 41.3 Å². The zero-order valence-corrected chi connectivity index (χ0v) is 17.4. The Kier molecular flexibility index (Phi) is 7.22. The van der Waals surface area contributed by atoms with Gasteiger partial charge in [0.2, 0.25) is 0 Å². The molecule has 0 saturated carbocycles. The third-order valence-electron chi connectivity index (χ3n) is 5.09. The average molecular weight is 409 g/mol. The largest absolute Gasteiger partial charge is 0.482 e. The van der Waals surface area contributed by atoms with Crippen LogP contribution in [-0.4, -0.2) is 48.9 Å². The van der Waals surface area contributed by atoms with Crippen LogP contribution in [-0.2, 0) is 14.3 Å². The van der Waals surface area contributed by atoms with Crippen molar-refractivity contribution in [2.45, 2.75) is 20.3 Å². The number of carbonyl (C=O) groups is 3. The predicted octanol–water partition coefficient (Wildman–Crippen LogP) is 3.34. The van der Waals surface area contributed by atoms with Crippen LogP contribution in [0.1, 0.15) is 36.2 Å². The summed E-state index contributed by atoms with van der Waals surface area (Å²) >= 11 is 0. The molecule has 2 aromatic carbocycles. The Morgan fingerprint density at radius 2 is 1.47 bits per heavy atom.